The van der Waals surface area contributed by atoms with Crippen LogP contribution in [-0.4, -0.2) is 12.2 Å². The van der Waals surface area contributed by atoms with E-state index in [1.54, 1.807) is 6.92 Å². The fourth-order valence-corrected chi connectivity index (χ4v) is 1.39. The molecule has 1 atom stereocenters. The lowest BCUT2D eigenvalue weighted by molar-refractivity contribution is -0.289. The second kappa shape index (κ2) is 4.60. The summed E-state index contributed by atoms with van der Waals surface area (Å²) in [4.78, 5) is 0. The van der Waals surface area contributed by atoms with Crippen LogP contribution >= 0.6 is 0 Å². The molecule has 1 aromatic carbocycles. The van der Waals surface area contributed by atoms with Gasteiger partial charge in [-0.1, -0.05) is 24.3 Å². The molecule has 0 fully saturated rings. The van der Waals surface area contributed by atoms with Gasteiger partial charge in [0.15, 0.2) is 0 Å². The highest BCUT2D eigenvalue weighted by Gasteiger charge is 2.58. The van der Waals surface area contributed by atoms with Crippen molar-refractivity contribution in [1.82, 2.24) is 0 Å². The Morgan fingerprint density at radius 1 is 1.06 bits per heavy atom. The van der Waals surface area contributed by atoms with Crippen molar-refractivity contribution < 1.29 is 22.0 Å². The lowest BCUT2D eigenvalue weighted by Gasteiger charge is -2.20. The van der Waals surface area contributed by atoms with Gasteiger partial charge in [0, 0.05) is 11.6 Å². The Morgan fingerprint density at radius 2 is 1.53 bits per heavy atom. The molecular weight excluding hydrogens is 241 g/mol. The van der Waals surface area contributed by atoms with Crippen LogP contribution in [0.4, 0.5) is 22.0 Å². The Labute approximate surface area is 95.4 Å². The third kappa shape index (κ3) is 3.15. The molecule has 17 heavy (non-hydrogen) atoms. The summed E-state index contributed by atoms with van der Waals surface area (Å²) >= 11 is 0. The lowest BCUT2D eigenvalue weighted by Crippen LogP contribution is -2.33. The molecule has 0 heterocycles. The molecule has 0 bridgehead atoms. The van der Waals surface area contributed by atoms with Crippen LogP contribution in [0.25, 0.3) is 0 Å². The van der Waals surface area contributed by atoms with Crippen molar-refractivity contribution in [3.05, 3.63) is 35.4 Å². The number of hydrogen-bond donors (Lipinski definition) is 1. The molecule has 0 radical (unpaired) electrons. The summed E-state index contributed by atoms with van der Waals surface area (Å²) in [6.07, 6.45) is -5.15. The van der Waals surface area contributed by atoms with Gasteiger partial charge in [-0.3, -0.25) is 0 Å². The van der Waals surface area contributed by atoms with Crippen LogP contribution in [0, 0.1) is 0 Å². The van der Waals surface area contributed by atoms with Gasteiger partial charge in [-0.25, -0.2) is 0 Å². The third-order valence-electron chi connectivity index (χ3n) is 2.23. The second-order valence-electron chi connectivity index (χ2n) is 3.95. The summed E-state index contributed by atoms with van der Waals surface area (Å²) in [6, 6.07) is 3.86. The number of rotatable bonds is 3. The molecule has 1 rings (SSSR count). The van der Waals surface area contributed by atoms with Crippen LogP contribution in [0.15, 0.2) is 24.3 Å². The maximum atomic E-state index is 12.9. The van der Waals surface area contributed by atoms with E-state index in [2.05, 4.69) is 0 Å². The molecule has 1 nitrogen and oxygen atoms in total. The van der Waals surface area contributed by atoms with Gasteiger partial charge in [0.25, 0.3) is 0 Å². The highest BCUT2D eigenvalue weighted by atomic mass is 19.4. The Balaban J connectivity index is 2.95. The number of halogens is 5. The van der Waals surface area contributed by atoms with Gasteiger partial charge in [-0.15, -0.1) is 0 Å². The summed E-state index contributed by atoms with van der Waals surface area (Å²) in [5.41, 5.74) is 5.06. The molecule has 0 unspecified atom stereocenters. The van der Waals surface area contributed by atoms with Crippen LogP contribution in [-0.2, 0) is 12.3 Å². The smallest absolute Gasteiger partial charge is 0.328 e. The minimum Gasteiger partial charge on any atom is -0.328 e. The fraction of sp³-hybridized carbons (Fsp3) is 0.455. The highest BCUT2D eigenvalue weighted by molar-refractivity contribution is 5.27. The van der Waals surface area contributed by atoms with Crippen molar-refractivity contribution in [2.75, 3.05) is 0 Å². The quantitative estimate of drug-likeness (QED) is 0.822. The first-order valence-corrected chi connectivity index (χ1v) is 4.94. The van der Waals surface area contributed by atoms with Gasteiger partial charge in [0.05, 0.1) is 0 Å². The average Bonchev–Trinajstić information content (AvgIpc) is 2.15. The van der Waals surface area contributed by atoms with E-state index in [0.717, 1.165) is 12.1 Å². The van der Waals surface area contributed by atoms with Gasteiger partial charge in [-0.05, 0) is 18.9 Å². The number of nitrogens with two attached hydrogens (primary N) is 1. The highest BCUT2D eigenvalue weighted by Crippen LogP contribution is 2.43. The predicted octanol–water partition coefficient (Wildman–Crippen LogP) is 3.23. The van der Waals surface area contributed by atoms with Crippen LogP contribution in [0.5, 0.6) is 0 Å². The first kappa shape index (κ1) is 13.9. The van der Waals surface area contributed by atoms with Gasteiger partial charge in [-0.2, -0.15) is 22.0 Å². The summed E-state index contributed by atoms with van der Waals surface area (Å²) < 4.78 is 62.0. The van der Waals surface area contributed by atoms with Gasteiger partial charge in [0.1, 0.15) is 0 Å². The molecule has 6 heteroatoms. The normalized spacial score (nSPS) is 14.8. The Bertz CT molecular complexity index is 366. The maximum absolute atomic E-state index is 12.9. The second-order valence-corrected chi connectivity index (χ2v) is 3.95. The molecule has 0 aliphatic carbocycles. The first-order chi connectivity index (χ1) is 7.64. The zero-order valence-corrected chi connectivity index (χ0v) is 9.06. The monoisotopic (exact) mass is 253 g/mol. The van der Waals surface area contributed by atoms with Crippen molar-refractivity contribution in [3.63, 3.8) is 0 Å². The molecule has 0 aliphatic rings. The lowest BCUT2D eigenvalue weighted by atomic mass is 10.0. The predicted molar refractivity (Wildman–Crippen MR) is 53.7 cm³/mol. The van der Waals surface area contributed by atoms with E-state index in [4.69, 9.17) is 5.73 Å². The zero-order chi connectivity index (χ0) is 13.3. The average molecular weight is 253 g/mol. The summed E-state index contributed by atoms with van der Waals surface area (Å²) in [5.74, 6) is -4.82. The van der Waals surface area contributed by atoms with Gasteiger partial charge in [0.2, 0.25) is 0 Å². The summed E-state index contributed by atoms with van der Waals surface area (Å²) in [5, 5.41) is 0. The minimum atomic E-state index is -5.57. The molecule has 1 aromatic rings. The van der Waals surface area contributed by atoms with Gasteiger partial charge < -0.3 is 5.73 Å². The molecule has 0 amide bonds. The van der Waals surface area contributed by atoms with Crippen molar-refractivity contribution in [3.8, 4) is 0 Å². The zero-order valence-electron chi connectivity index (χ0n) is 9.06. The van der Waals surface area contributed by atoms with Crippen LogP contribution in [0.1, 0.15) is 18.1 Å². The Hall–Kier alpha value is -1.17. The van der Waals surface area contributed by atoms with E-state index in [-0.39, 0.29) is 6.04 Å². The van der Waals surface area contributed by atoms with E-state index in [1.807, 2.05) is 0 Å². The number of alkyl halides is 5. The summed E-state index contributed by atoms with van der Waals surface area (Å²) in [7, 11) is 0. The SMILES string of the molecule is C[C@H](N)Cc1ccc(C(F)(F)C(F)(F)F)cc1. The van der Waals surface area contributed by atoms with Crippen molar-refractivity contribution in [2.45, 2.75) is 31.5 Å². The minimum absolute atomic E-state index is 0.177. The van der Waals surface area contributed by atoms with Crippen molar-refractivity contribution in [1.29, 1.82) is 0 Å². The largest absolute Gasteiger partial charge is 0.458 e. The van der Waals surface area contributed by atoms with E-state index in [9.17, 15) is 22.0 Å². The number of benzene rings is 1. The molecule has 96 valence electrons. The van der Waals surface area contributed by atoms with E-state index in [0.29, 0.717) is 12.0 Å². The maximum Gasteiger partial charge on any atom is 0.458 e. The Kier molecular flexibility index (Phi) is 3.76. The van der Waals surface area contributed by atoms with E-state index < -0.39 is 17.7 Å². The number of hydrogen-bond acceptors (Lipinski definition) is 1. The fourth-order valence-electron chi connectivity index (χ4n) is 1.39. The van der Waals surface area contributed by atoms with Crippen LogP contribution in [0.3, 0.4) is 0 Å². The molecule has 2 N–H and O–H groups in total. The molecule has 0 aromatic heterocycles. The molecular formula is C11H12F5N. The summed E-state index contributed by atoms with van der Waals surface area (Å²) in [6.45, 7) is 1.72. The first-order valence-electron chi connectivity index (χ1n) is 4.94. The molecule has 0 aliphatic heterocycles. The topological polar surface area (TPSA) is 26.0 Å². The van der Waals surface area contributed by atoms with E-state index in [1.165, 1.54) is 12.1 Å². The standard InChI is InChI=1S/C11H12F5N/c1-7(17)6-8-2-4-9(5-3-8)10(12,13)11(14,15)16/h2-5,7H,6,17H2,1H3/t7-/m0/s1. The Morgan fingerprint density at radius 3 is 1.88 bits per heavy atom. The molecule has 0 spiro atoms. The molecule has 0 saturated carbocycles. The van der Waals surface area contributed by atoms with Gasteiger partial charge >= 0.3 is 12.1 Å². The van der Waals surface area contributed by atoms with Crippen molar-refractivity contribution in [2.24, 2.45) is 5.73 Å². The molecule has 0 saturated heterocycles. The van der Waals surface area contributed by atoms with Crippen molar-refractivity contribution >= 4 is 0 Å². The van der Waals surface area contributed by atoms with Crippen LogP contribution in [0.2, 0.25) is 0 Å². The van der Waals surface area contributed by atoms with Crippen LogP contribution < -0.4 is 5.73 Å². The van der Waals surface area contributed by atoms with E-state index >= 15 is 0 Å². The third-order valence-corrected chi connectivity index (χ3v) is 2.23.